The van der Waals surface area contributed by atoms with Gasteiger partial charge >= 0.3 is 5.82 Å². The fraction of sp³-hybridized carbons (Fsp3) is 0.500. The Morgan fingerprint density at radius 3 is 2.79 bits per heavy atom. The molecule has 0 fully saturated rings. The van der Waals surface area contributed by atoms with Crippen LogP contribution in [-0.4, -0.2) is 28.4 Å². The molecule has 1 heterocycles. The quantitative estimate of drug-likeness (QED) is 0.578. The summed E-state index contributed by atoms with van der Waals surface area (Å²) >= 11 is 0. The Hall–Kier alpha value is -2.18. The number of aromatic nitrogens is 1. The van der Waals surface area contributed by atoms with E-state index in [4.69, 9.17) is 0 Å². The van der Waals surface area contributed by atoms with Crippen molar-refractivity contribution in [2.75, 3.05) is 11.9 Å². The predicted octanol–water partition coefficient (Wildman–Crippen LogP) is 1.71. The van der Waals surface area contributed by atoms with Crippen molar-refractivity contribution in [2.45, 2.75) is 32.7 Å². The van der Waals surface area contributed by atoms with Crippen molar-refractivity contribution in [1.82, 2.24) is 10.3 Å². The van der Waals surface area contributed by atoms with E-state index in [1.807, 2.05) is 13.8 Å². The maximum Gasteiger partial charge on any atom is 0.363 e. The smallest absolute Gasteiger partial charge is 0.363 e. The highest BCUT2D eigenvalue weighted by atomic mass is 16.6. The summed E-state index contributed by atoms with van der Waals surface area (Å²) in [6, 6.07) is 3.06. The predicted molar refractivity (Wildman–Crippen MR) is 71.9 cm³/mol. The molecular formula is C12H18N4O3. The molecule has 1 aromatic heterocycles. The average Bonchev–Trinajstić information content (AvgIpc) is 2.39. The van der Waals surface area contributed by atoms with Gasteiger partial charge in [-0.2, -0.15) is 0 Å². The molecule has 0 aliphatic rings. The third-order valence-electron chi connectivity index (χ3n) is 2.64. The van der Waals surface area contributed by atoms with Crippen LogP contribution in [0.5, 0.6) is 0 Å². The molecule has 1 rings (SSSR count). The minimum absolute atomic E-state index is 0.0169. The minimum atomic E-state index is -0.552. The third-order valence-corrected chi connectivity index (χ3v) is 2.64. The van der Waals surface area contributed by atoms with Crippen LogP contribution < -0.4 is 10.6 Å². The summed E-state index contributed by atoms with van der Waals surface area (Å²) in [6.45, 7) is 4.42. The first-order valence-corrected chi connectivity index (χ1v) is 6.16. The molecule has 19 heavy (non-hydrogen) atoms. The van der Waals surface area contributed by atoms with Gasteiger partial charge in [0.2, 0.25) is 5.91 Å². The van der Waals surface area contributed by atoms with Crippen LogP contribution in [0.3, 0.4) is 0 Å². The van der Waals surface area contributed by atoms with Gasteiger partial charge in [0, 0.05) is 25.1 Å². The van der Waals surface area contributed by atoms with Crippen molar-refractivity contribution in [3.63, 3.8) is 0 Å². The number of carbonyl (C=O) groups excluding carboxylic acids is 1. The van der Waals surface area contributed by atoms with Crippen LogP contribution in [0.25, 0.3) is 0 Å². The molecule has 0 aromatic carbocycles. The van der Waals surface area contributed by atoms with E-state index in [1.54, 1.807) is 6.07 Å². The molecule has 0 bridgehead atoms. The van der Waals surface area contributed by atoms with E-state index in [1.165, 1.54) is 12.3 Å². The lowest BCUT2D eigenvalue weighted by Gasteiger charge is -2.11. The summed E-state index contributed by atoms with van der Waals surface area (Å²) in [4.78, 5) is 25.0. The van der Waals surface area contributed by atoms with Crippen LogP contribution in [0.2, 0.25) is 0 Å². The largest absolute Gasteiger partial charge is 0.381 e. The van der Waals surface area contributed by atoms with Gasteiger partial charge in [0.05, 0.1) is 5.69 Å². The number of hydrogen-bond donors (Lipinski definition) is 2. The van der Waals surface area contributed by atoms with Gasteiger partial charge in [-0.1, -0.05) is 6.92 Å². The second kappa shape index (κ2) is 7.30. The Balaban J connectivity index is 2.33. The van der Waals surface area contributed by atoms with Gasteiger partial charge in [0.1, 0.15) is 0 Å². The number of nitrogens with one attached hydrogen (secondary N) is 2. The van der Waals surface area contributed by atoms with Gasteiger partial charge in [-0.25, -0.2) is 0 Å². The minimum Gasteiger partial charge on any atom is -0.381 e. The number of amides is 1. The first-order valence-electron chi connectivity index (χ1n) is 6.16. The highest BCUT2D eigenvalue weighted by Gasteiger charge is 2.07. The number of anilines is 1. The zero-order chi connectivity index (χ0) is 14.3. The molecule has 1 unspecified atom stereocenters. The first kappa shape index (κ1) is 14.9. The normalized spacial score (nSPS) is 11.7. The molecule has 104 valence electrons. The number of hydrogen-bond acceptors (Lipinski definition) is 5. The van der Waals surface area contributed by atoms with Crippen molar-refractivity contribution < 1.29 is 9.72 Å². The fourth-order valence-electron chi connectivity index (χ4n) is 1.37. The van der Waals surface area contributed by atoms with E-state index in [0.29, 0.717) is 18.7 Å². The van der Waals surface area contributed by atoms with Crippen LogP contribution in [0.15, 0.2) is 18.3 Å². The average molecular weight is 266 g/mol. The van der Waals surface area contributed by atoms with Crippen molar-refractivity contribution >= 4 is 17.4 Å². The zero-order valence-corrected chi connectivity index (χ0v) is 11.0. The molecule has 1 amide bonds. The Morgan fingerprint density at radius 2 is 2.26 bits per heavy atom. The summed E-state index contributed by atoms with van der Waals surface area (Å²) in [5, 5.41) is 16.3. The van der Waals surface area contributed by atoms with E-state index in [2.05, 4.69) is 15.6 Å². The number of carbonyl (C=O) groups is 1. The maximum absolute atomic E-state index is 11.5. The zero-order valence-electron chi connectivity index (χ0n) is 11.0. The Labute approximate surface area is 111 Å². The van der Waals surface area contributed by atoms with Crippen molar-refractivity contribution in [3.8, 4) is 0 Å². The molecule has 0 aliphatic carbocycles. The van der Waals surface area contributed by atoms with E-state index in [0.717, 1.165) is 6.42 Å². The van der Waals surface area contributed by atoms with Gasteiger partial charge < -0.3 is 20.7 Å². The van der Waals surface area contributed by atoms with Crippen LogP contribution >= 0.6 is 0 Å². The number of nitrogens with zero attached hydrogens (tertiary/aromatic N) is 2. The molecule has 0 aliphatic heterocycles. The molecular weight excluding hydrogens is 248 g/mol. The van der Waals surface area contributed by atoms with Gasteiger partial charge in [-0.15, -0.1) is 0 Å². The van der Waals surface area contributed by atoms with Crippen LogP contribution in [0.1, 0.15) is 26.7 Å². The van der Waals surface area contributed by atoms with Crippen LogP contribution in [0.4, 0.5) is 11.5 Å². The number of pyridine rings is 1. The van der Waals surface area contributed by atoms with E-state index in [9.17, 15) is 14.9 Å². The molecule has 0 radical (unpaired) electrons. The lowest BCUT2D eigenvalue weighted by molar-refractivity contribution is -0.389. The molecule has 2 N–H and O–H groups in total. The summed E-state index contributed by atoms with van der Waals surface area (Å²) in [5.41, 5.74) is 0.655. The van der Waals surface area contributed by atoms with Gasteiger partial charge in [-0.3, -0.25) is 4.79 Å². The molecule has 0 saturated heterocycles. The van der Waals surface area contributed by atoms with Crippen LogP contribution in [-0.2, 0) is 4.79 Å². The molecule has 1 atom stereocenters. The second-order valence-corrected chi connectivity index (χ2v) is 4.22. The second-order valence-electron chi connectivity index (χ2n) is 4.22. The van der Waals surface area contributed by atoms with Crippen molar-refractivity contribution in [3.05, 3.63) is 28.4 Å². The Kier molecular flexibility index (Phi) is 5.72. The van der Waals surface area contributed by atoms with Crippen molar-refractivity contribution in [2.24, 2.45) is 0 Å². The number of nitro groups is 1. The molecule has 1 aromatic rings. The molecule has 7 nitrogen and oxygen atoms in total. The fourth-order valence-corrected chi connectivity index (χ4v) is 1.37. The SMILES string of the molecule is CCC(C)NC(=O)CCNc1ccc([N+](=O)[O-])nc1. The van der Waals surface area contributed by atoms with Gasteiger partial charge in [-0.05, 0) is 29.3 Å². The third kappa shape index (κ3) is 5.33. The summed E-state index contributed by atoms with van der Waals surface area (Å²) in [6.07, 6.45) is 2.62. The molecule has 0 spiro atoms. The van der Waals surface area contributed by atoms with Gasteiger partial charge in [0.15, 0.2) is 6.20 Å². The topological polar surface area (TPSA) is 97.2 Å². The summed E-state index contributed by atoms with van der Waals surface area (Å²) in [5.74, 6) is -0.211. The van der Waals surface area contributed by atoms with Crippen LogP contribution in [0, 0.1) is 10.1 Å². The summed E-state index contributed by atoms with van der Waals surface area (Å²) < 4.78 is 0. The maximum atomic E-state index is 11.5. The highest BCUT2D eigenvalue weighted by Crippen LogP contribution is 2.11. The standard InChI is InChI=1S/C12H18N4O3/c1-3-9(2)15-12(17)6-7-13-10-4-5-11(14-8-10)16(18)19/h4-5,8-9,13H,3,6-7H2,1-2H3,(H,15,17). The lowest BCUT2D eigenvalue weighted by Crippen LogP contribution is -2.32. The van der Waals surface area contributed by atoms with Gasteiger partial charge in [0.25, 0.3) is 0 Å². The monoisotopic (exact) mass is 266 g/mol. The Bertz CT molecular complexity index is 433. The number of rotatable bonds is 7. The van der Waals surface area contributed by atoms with Crippen molar-refractivity contribution in [1.29, 1.82) is 0 Å². The van der Waals surface area contributed by atoms with E-state index < -0.39 is 4.92 Å². The van der Waals surface area contributed by atoms with E-state index >= 15 is 0 Å². The summed E-state index contributed by atoms with van der Waals surface area (Å²) in [7, 11) is 0. The first-order chi connectivity index (χ1) is 9.02. The van der Waals surface area contributed by atoms with E-state index in [-0.39, 0.29) is 17.8 Å². The molecule has 0 saturated carbocycles. The Morgan fingerprint density at radius 1 is 1.53 bits per heavy atom. The molecule has 7 heteroatoms. The lowest BCUT2D eigenvalue weighted by atomic mass is 10.2. The highest BCUT2D eigenvalue weighted by molar-refractivity contribution is 5.76.